The molecule has 0 radical (unpaired) electrons. The van der Waals surface area contributed by atoms with E-state index < -0.39 is 9.26 Å². The lowest BCUT2D eigenvalue weighted by Crippen LogP contribution is -3.00. The maximum atomic E-state index is 8.86. The molecule has 0 aromatic carbocycles. The van der Waals surface area contributed by atoms with Crippen LogP contribution in [0.25, 0.3) is 0 Å². The zero-order chi connectivity index (χ0) is 3.58. The standard InChI is InChI=1S/ClH.O2S2/c;1-4(2)3/h1H;. The van der Waals surface area contributed by atoms with E-state index in [9.17, 15) is 0 Å². The number of hydrogen-bond donors (Lipinski definition) is 0. The zero-order valence-corrected chi connectivity index (χ0v) is 4.52. The first-order chi connectivity index (χ1) is 1.73. The van der Waals surface area contributed by atoms with Crippen LogP contribution in [0.15, 0.2) is 0 Å². The first-order valence-electron chi connectivity index (χ1n) is 0.516. The van der Waals surface area contributed by atoms with Crippen LogP contribution in [-0.2, 0) is 20.5 Å². The summed E-state index contributed by atoms with van der Waals surface area (Å²) in [5, 5.41) is 0. The molecule has 0 N–H and O–H groups in total. The van der Waals surface area contributed by atoms with Crippen LogP contribution in [-0.4, -0.2) is 8.42 Å². The van der Waals surface area contributed by atoms with E-state index in [4.69, 9.17) is 8.42 Å². The van der Waals surface area contributed by atoms with E-state index in [2.05, 4.69) is 11.2 Å². The molecule has 0 aliphatic rings. The summed E-state index contributed by atoms with van der Waals surface area (Å²) in [6, 6.07) is 0. The van der Waals surface area contributed by atoms with Crippen LogP contribution in [0, 0.1) is 0 Å². The van der Waals surface area contributed by atoms with Gasteiger partial charge in [-0.05, 0) is 0 Å². The lowest BCUT2D eigenvalue weighted by molar-refractivity contribution is -0.00000284. The van der Waals surface area contributed by atoms with Gasteiger partial charge in [-0.2, -0.15) is 0 Å². The van der Waals surface area contributed by atoms with Crippen molar-refractivity contribution >= 4 is 20.5 Å². The Morgan fingerprint density at radius 2 is 1.40 bits per heavy atom. The Labute approximate surface area is 41.8 Å². The summed E-state index contributed by atoms with van der Waals surface area (Å²) >= 11 is 2.88. The molecule has 0 aliphatic carbocycles. The highest BCUT2D eigenvalue weighted by atomic mass is 35.5. The van der Waals surface area contributed by atoms with Gasteiger partial charge in [0.25, 0.3) is 0 Å². The van der Waals surface area contributed by atoms with Crippen molar-refractivity contribution in [2.24, 2.45) is 0 Å². The van der Waals surface area contributed by atoms with Crippen LogP contribution in [0.3, 0.4) is 0 Å². The summed E-state index contributed by atoms with van der Waals surface area (Å²) in [6.45, 7) is 0. The topological polar surface area (TPSA) is 34.1 Å². The second kappa shape index (κ2) is 4.33. The monoisotopic (exact) mass is 132 g/mol. The molecule has 0 saturated heterocycles. The van der Waals surface area contributed by atoms with Gasteiger partial charge in [-0.3, -0.25) is 0 Å². The van der Waals surface area contributed by atoms with E-state index in [0.29, 0.717) is 0 Å². The Kier molecular flexibility index (Phi) is 7.80. The van der Waals surface area contributed by atoms with Crippen LogP contribution in [0.1, 0.15) is 0 Å². The van der Waals surface area contributed by atoms with Crippen molar-refractivity contribution in [3.8, 4) is 0 Å². The van der Waals surface area contributed by atoms with Crippen molar-refractivity contribution in [1.29, 1.82) is 0 Å². The molecule has 5 heteroatoms. The Hall–Kier alpha value is 0.330. The summed E-state index contributed by atoms with van der Waals surface area (Å²) in [5.41, 5.74) is 0. The van der Waals surface area contributed by atoms with Crippen LogP contribution >= 0.6 is 0 Å². The van der Waals surface area contributed by atoms with E-state index in [1.165, 1.54) is 0 Å². The van der Waals surface area contributed by atoms with Gasteiger partial charge >= 0.3 is 20.5 Å². The second-order valence-corrected chi connectivity index (χ2v) is 1.55. The normalized spacial score (nSPS) is 4.80. The molecule has 0 aromatic rings. The molecular weight excluding hydrogens is 132 g/mol. The molecule has 0 fully saturated rings. The molecule has 0 amide bonds. The zero-order valence-electron chi connectivity index (χ0n) is 2.05. The maximum Gasteiger partial charge on any atom is 0.469 e. The summed E-state index contributed by atoms with van der Waals surface area (Å²) < 4.78 is 17.7. The molecule has 0 rings (SSSR count). The first kappa shape index (κ1) is 9.01. The Morgan fingerprint density at radius 3 is 1.40 bits per heavy atom. The van der Waals surface area contributed by atoms with Gasteiger partial charge in [0.05, 0.1) is 0 Å². The highest BCUT2D eigenvalue weighted by Gasteiger charge is 1.50. The molecular formula is HClO2S2. The van der Waals surface area contributed by atoms with Crippen LogP contribution in [0.2, 0.25) is 0 Å². The van der Waals surface area contributed by atoms with E-state index in [0.717, 1.165) is 0 Å². The van der Waals surface area contributed by atoms with Gasteiger partial charge in [0, 0.05) is 0 Å². The third-order valence-corrected chi connectivity index (χ3v) is 0. The van der Waals surface area contributed by atoms with E-state index in [-0.39, 0.29) is 12.4 Å². The average Bonchev–Trinajstić information content (AvgIpc) is 0.811. The summed E-state index contributed by atoms with van der Waals surface area (Å²) in [6.07, 6.45) is 0. The Bertz CT molecular complexity index is 77.0. The Morgan fingerprint density at radius 1 is 1.40 bits per heavy atom. The van der Waals surface area contributed by atoms with Crippen molar-refractivity contribution < 1.29 is 20.8 Å². The molecule has 0 bridgehead atoms. The molecule has 0 saturated carbocycles. The van der Waals surface area contributed by atoms with E-state index in [1.54, 1.807) is 0 Å². The average molecular weight is 133 g/mol. The largest absolute Gasteiger partial charge is 1.00 e. The minimum atomic E-state index is -2.17. The molecule has 0 heterocycles. The molecule has 5 heavy (non-hydrogen) atoms. The van der Waals surface area contributed by atoms with Gasteiger partial charge in [-0.25, -0.2) is 0 Å². The molecule has 2 nitrogen and oxygen atoms in total. The third-order valence-electron chi connectivity index (χ3n) is 0. The minimum absolute atomic E-state index is 0. The fraction of sp³-hybridized carbons (Fsp3) is 0. The maximum absolute atomic E-state index is 8.86. The fourth-order valence-electron chi connectivity index (χ4n) is 0. The highest BCUT2D eigenvalue weighted by molar-refractivity contribution is 8.14. The summed E-state index contributed by atoms with van der Waals surface area (Å²) in [4.78, 5) is 0. The predicted molar refractivity (Wildman–Crippen MR) is 17.7 cm³/mol. The molecule has 0 aromatic heterocycles. The fourth-order valence-corrected chi connectivity index (χ4v) is 0. The van der Waals surface area contributed by atoms with Gasteiger partial charge in [0.2, 0.25) is 0 Å². The van der Waals surface area contributed by atoms with Crippen molar-refractivity contribution in [2.75, 3.05) is 0 Å². The van der Waals surface area contributed by atoms with Crippen LogP contribution < -0.4 is 12.4 Å². The summed E-state index contributed by atoms with van der Waals surface area (Å²) in [5.74, 6) is 0. The number of halogens is 1. The van der Waals surface area contributed by atoms with Gasteiger partial charge < -0.3 is 12.4 Å². The number of hydrogen-bond acceptors (Lipinski definition) is 2. The van der Waals surface area contributed by atoms with Gasteiger partial charge in [-0.1, -0.05) is 0 Å². The highest BCUT2D eigenvalue weighted by Crippen LogP contribution is 1.13. The molecule has 0 atom stereocenters. The lowest BCUT2D eigenvalue weighted by Gasteiger charge is -1.02. The minimum Gasteiger partial charge on any atom is -1.00 e. The van der Waals surface area contributed by atoms with Crippen molar-refractivity contribution in [3.05, 3.63) is 0 Å². The van der Waals surface area contributed by atoms with Crippen LogP contribution in [0.5, 0.6) is 0 Å². The van der Waals surface area contributed by atoms with Crippen LogP contribution in [0.4, 0.5) is 0 Å². The van der Waals surface area contributed by atoms with Gasteiger partial charge in [0.15, 0.2) is 0 Å². The van der Waals surface area contributed by atoms with E-state index >= 15 is 0 Å². The first-order valence-corrected chi connectivity index (χ1v) is 2.64. The van der Waals surface area contributed by atoms with Gasteiger partial charge in [0.1, 0.15) is 0 Å². The quantitative estimate of drug-likeness (QED) is 0.249. The van der Waals surface area contributed by atoms with Crippen molar-refractivity contribution in [1.82, 2.24) is 0 Å². The molecule has 0 unspecified atom stereocenters. The van der Waals surface area contributed by atoms with E-state index in [1.807, 2.05) is 0 Å². The summed E-state index contributed by atoms with van der Waals surface area (Å²) in [7, 11) is -2.17. The number of thiol groups is 1. The van der Waals surface area contributed by atoms with Crippen molar-refractivity contribution in [2.45, 2.75) is 0 Å². The lowest BCUT2D eigenvalue weighted by atomic mass is 15.9. The Balaban J connectivity index is 0. The predicted octanol–water partition coefficient (Wildman–Crippen LogP) is -3.94. The molecule has 0 aliphatic heterocycles. The second-order valence-electron chi connectivity index (χ2n) is 0.217. The third kappa shape index (κ3) is 216. The molecule has 32 valence electrons. The van der Waals surface area contributed by atoms with Gasteiger partial charge in [-0.15, -0.1) is 8.42 Å². The smallest absolute Gasteiger partial charge is 0.469 e. The molecule has 0 spiro atoms. The van der Waals surface area contributed by atoms with Crippen molar-refractivity contribution in [3.63, 3.8) is 0 Å². The SMILES string of the molecule is O=S(=O)=[SH+].[Cl-]. The number of rotatable bonds is 0.